The summed E-state index contributed by atoms with van der Waals surface area (Å²) >= 11 is 0. The van der Waals surface area contributed by atoms with Crippen LogP contribution in [0.4, 0.5) is 0 Å². The van der Waals surface area contributed by atoms with E-state index in [2.05, 4.69) is 17.3 Å². The van der Waals surface area contributed by atoms with Gasteiger partial charge in [0.1, 0.15) is 0 Å². The van der Waals surface area contributed by atoms with Crippen molar-refractivity contribution in [2.75, 3.05) is 33.2 Å². The number of carbonyl (C=O) groups excluding carboxylic acids is 1. The van der Waals surface area contributed by atoms with E-state index in [1.54, 1.807) is 0 Å². The first kappa shape index (κ1) is 12.8. The standard InChI is InChI=1S/C13H25N3O/c1-16-7-2-4-11(8-16)12(17)15-10-13(9-14)5-3-6-13/h11H,2-10,14H2,1H3,(H,15,17). The Kier molecular flexibility index (Phi) is 4.05. The Morgan fingerprint density at radius 3 is 2.76 bits per heavy atom. The van der Waals surface area contributed by atoms with Crippen LogP contribution in [0.3, 0.4) is 0 Å². The van der Waals surface area contributed by atoms with Gasteiger partial charge in [-0.05, 0) is 51.2 Å². The van der Waals surface area contributed by atoms with Gasteiger partial charge in [0.2, 0.25) is 5.91 Å². The maximum Gasteiger partial charge on any atom is 0.224 e. The molecule has 3 N–H and O–H groups in total. The van der Waals surface area contributed by atoms with Crippen LogP contribution in [0.2, 0.25) is 0 Å². The van der Waals surface area contributed by atoms with Gasteiger partial charge in [-0.3, -0.25) is 4.79 Å². The lowest BCUT2D eigenvalue weighted by Crippen LogP contribution is -2.49. The molecular weight excluding hydrogens is 214 g/mol. The molecule has 17 heavy (non-hydrogen) atoms. The molecule has 0 spiro atoms. The van der Waals surface area contributed by atoms with E-state index in [9.17, 15) is 4.79 Å². The molecule has 0 aromatic heterocycles. The molecule has 0 radical (unpaired) electrons. The minimum Gasteiger partial charge on any atom is -0.355 e. The number of nitrogens with zero attached hydrogens (tertiary/aromatic N) is 1. The third kappa shape index (κ3) is 2.99. The number of carbonyl (C=O) groups is 1. The van der Waals surface area contributed by atoms with Crippen LogP contribution in [0.5, 0.6) is 0 Å². The predicted octanol–water partition coefficient (Wildman–Crippen LogP) is 0.573. The molecule has 0 bridgehead atoms. The third-order valence-corrected chi connectivity index (χ3v) is 4.48. The number of nitrogens with one attached hydrogen (secondary N) is 1. The monoisotopic (exact) mass is 239 g/mol. The predicted molar refractivity (Wildman–Crippen MR) is 68.6 cm³/mol. The summed E-state index contributed by atoms with van der Waals surface area (Å²) in [6.45, 7) is 3.51. The number of piperidine rings is 1. The fraction of sp³-hybridized carbons (Fsp3) is 0.923. The zero-order valence-electron chi connectivity index (χ0n) is 10.9. The number of likely N-dealkylation sites (tertiary alicyclic amines) is 1. The van der Waals surface area contributed by atoms with Crippen molar-refractivity contribution in [3.63, 3.8) is 0 Å². The number of hydrogen-bond acceptors (Lipinski definition) is 3. The van der Waals surface area contributed by atoms with E-state index < -0.39 is 0 Å². The van der Waals surface area contributed by atoms with Crippen LogP contribution in [0, 0.1) is 11.3 Å². The molecule has 1 unspecified atom stereocenters. The van der Waals surface area contributed by atoms with Crippen molar-refractivity contribution in [2.24, 2.45) is 17.1 Å². The van der Waals surface area contributed by atoms with Crippen molar-refractivity contribution < 1.29 is 4.79 Å². The van der Waals surface area contributed by atoms with Gasteiger partial charge in [0.15, 0.2) is 0 Å². The maximum absolute atomic E-state index is 12.1. The Morgan fingerprint density at radius 1 is 1.47 bits per heavy atom. The average molecular weight is 239 g/mol. The van der Waals surface area contributed by atoms with Crippen molar-refractivity contribution in [1.82, 2.24) is 10.2 Å². The van der Waals surface area contributed by atoms with Crippen molar-refractivity contribution >= 4 is 5.91 Å². The van der Waals surface area contributed by atoms with E-state index >= 15 is 0 Å². The van der Waals surface area contributed by atoms with Crippen LogP contribution >= 0.6 is 0 Å². The van der Waals surface area contributed by atoms with Gasteiger partial charge >= 0.3 is 0 Å². The highest BCUT2D eigenvalue weighted by molar-refractivity contribution is 5.79. The van der Waals surface area contributed by atoms with Gasteiger partial charge in [-0.1, -0.05) is 6.42 Å². The first-order chi connectivity index (χ1) is 8.15. The van der Waals surface area contributed by atoms with E-state index in [4.69, 9.17) is 5.73 Å². The first-order valence-corrected chi connectivity index (χ1v) is 6.81. The van der Waals surface area contributed by atoms with Gasteiger partial charge in [-0.15, -0.1) is 0 Å². The fourth-order valence-corrected chi connectivity index (χ4v) is 2.93. The van der Waals surface area contributed by atoms with Gasteiger partial charge in [-0.25, -0.2) is 0 Å². The largest absolute Gasteiger partial charge is 0.355 e. The Morgan fingerprint density at radius 2 is 2.24 bits per heavy atom. The fourth-order valence-electron chi connectivity index (χ4n) is 2.93. The summed E-state index contributed by atoms with van der Waals surface area (Å²) in [5, 5.41) is 3.12. The first-order valence-electron chi connectivity index (χ1n) is 6.81. The normalized spacial score (nSPS) is 28.5. The van der Waals surface area contributed by atoms with Crippen LogP contribution in [0.1, 0.15) is 32.1 Å². The molecule has 2 rings (SSSR count). The molecule has 0 aromatic rings. The summed E-state index contributed by atoms with van der Waals surface area (Å²) in [4.78, 5) is 14.3. The van der Waals surface area contributed by atoms with Gasteiger partial charge in [0.05, 0.1) is 5.92 Å². The van der Waals surface area contributed by atoms with E-state index in [1.165, 1.54) is 19.3 Å². The van der Waals surface area contributed by atoms with Crippen molar-refractivity contribution in [1.29, 1.82) is 0 Å². The molecule has 1 heterocycles. The van der Waals surface area contributed by atoms with E-state index in [-0.39, 0.29) is 17.2 Å². The van der Waals surface area contributed by atoms with Crippen molar-refractivity contribution in [2.45, 2.75) is 32.1 Å². The van der Waals surface area contributed by atoms with E-state index in [1.807, 2.05) is 0 Å². The summed E-state index contributed by atoms with van der Waals surface area (Å²) in [5.41, 5.74) is 6.01. The average Bonchev–Trinajstić information content (AvgIpc) is 2.28. The molecule has 1 aliphatic heterocycles. The molecule has 0 aromatic carbocycles. The van der Waals surface area contributed by atoms with Crippen LogP contribution in [0.25, 0.3) is 0 Å². The summed E-state index contributed by atoms with van der Waals surface area (Å²) < 4.78 is 0. The molecular formula is C13H25N3O. The number of nitrogens with two attached hydrogens (primary N) is 1. The molecule has 4 nitrogen and oxygen atoms in total. The lowest BCUT2D eigenvalue weighted by atomic mass is 9.69. The minimum absolute atomic E-state index is 0.184. The summed E-state index contributed by atoms with van der Waals surface area (Å²) in [7, 11) is 2.09. The van der Waals surface area contributed by atoms with Gasteiger partial charge in [0, 0.05) is 13.1 Å². The van der Waals surface area contributed by atoms with Crippen molar-refractivity contribution in [3.8, 4) is 0 Å². The van der Waals surface area contributed by atoms with Crippen LogP contribution in [0.15, 0.2) is 0 Å². The van der Waals surface area contributed by atoms with E-state index in [0.29, 0.717) is 6.54 Å². The SMILES string of the molecule is CN1CCCC(C(=O)NCC2(CN)CCC2)C1. The minimum atomic E-state index is 0.184. The highest BCUT2D eigenvalue weighted by Crippen LogP contribution is 2.39. The Hall–Kier alpha value is -0.610. The van der Waals surface area contributed by atoms with Gasteiger partial charge < -0.3 is 16.0 Å². The topological polar surface area (TPSA) is 58.4 Å². The number of hydrogen-bond donors (Lipinski definition) is 2. The van der Waals surface area contributed by atoms with Crippen LogP contribution < -0.4 is 11.1 Å². The molecule has 98 valence electrons. The maximum atomic E-state index is 12.1. The lowest BCUT2D eigenvalue weighted by Gasteiger charge is -2.41. The lowest BCUT2D eigenvalue weighted by molar-refractivity contribution is -0.127. The molecule has 1 atom stereocenters. The van der Waals surface area contributed by atoms with Crippen molar-refractivity contribution in [3.05, 3.63) is 0 Å². The zero-order valence-corrected chi connectivity index (χ0v) is 10.9. The Labute approximate surface area is 104 Å². The van der Waals surface area contributed by atoms with Crippen LogP contribution in [-0.4, -0.2) is 44.0 Å². The summed E-state index contributed by atoms with van der Waals surface area (Å²) in [6, 6.07) is 0. The Bertz CT molecular complexity index is 270. The molecule has 1 amide bonds. The second-order valence-electron chi connectivity index (χ2n) is 5.88. The number of amides is 1. The smallest absolute Gasteiger partial charge is 0.224 e. The molecule has 4 heteroatoms. The summed E-state index contributed by atoms with van der Waals surface area (Å²) in [5.74, 6) is 0.417. The Balaban J connectivity index is 1.76. The highest BCUT2D eigenvalue weighted by atomic mass is 16.1. The molecule has 1 saturated carbocycles. The van der Waals surface area contributed by atoms with Gasteiger partial charge in [-0.2, -0.15) is 0 Å². The molecule has 1 aliphatic carbocycles. The number of rotatable bonds is 4. The second-order valence-corrected chi connectivity index (χ2v) is 5.88. The molecule has 2 aliphatic rings. The summed E-state index contributed by atoms with van der Waals surface area (Å²) in [6.07, 6.45) is 5.78. The second kappa shape index (κ2) is 5.36. The van der Waals surface area contributed by atoms with Gasteiger partial charge in [0.25, 0.3) is 0 Å². The highest BCUT2D eigenvalue weighted by Gasteiger charge is 2.36. The quantitative estimate of drug-likeness (QED) is 0.754. The third-order valence-electron chi connectivity index (χ3n) is 4.48. The van der Waals surface area contributed by atoms with E-state index in [0.717, 1.165) is 32.5 Å². The van der Waals surface area contributed by atoms with Crippen LogP contribution in [-0.2, 0) is 4.79 Å². The molecule has 1 saturated heterocycles. The zero-order chi connectivity index (χ0) is 12.3. The molecule has 2 fully saturated rings.